The lowest BCUT2D eigenvalue weighted by Gasteiger charge is -2.21. The number of aliphatic hydroxyl groups is 1. The van der Waals surface area contributed by atoms with Crippen LogP contribution >= 0.6 is 15.6 Å². The molecule has 0 aliphatic heterocycles. The van der Waals surface area contributed by atoms with Gasteiger partial charge in [-0.1, -0.05) is 276 Å². The third kappa shape index (κ3) is 76.9. The lowest BCUT2D eigenvalue weighted by atomic mass is 10.1. The third-order valence-electron chi connectivity index (χ3n) is 16.5. The van der Waals surface area contributed by atoms with Gasteiger partial charge in [0.25, 0.3) is 0 Å². The van der Waals surface area contributed by atoms with Crippen LogP contribution in [0, 0.1) is 0 Å². The van der Waals surface area contributed by atoms with E-state index in [4.69, 9.17) is 37.0 Å². The van der Waals surface area contributed by atoms with Gasteiger partial charge in [-0.2, -0.15) is 0 Å². The van der Waals surface area contributed by atoms with Gasteiger partial charge in [-0.05, 0) is 167 Å². The fourth-order valence-corrected chi connectivity index (χ4v) is 11.8. The maximum atomic E-state index is 13.1. The Bertz CT molecular complexity index is 2630. The molecule has 0 heterocycles. The summed E-state index contributed by atoms with van der Waals surface area (Å²) in [6.07, 6.45) is 90.9. The van der Waals surface area contributed by atoms with Gasteiger partial charge in [-0.25, -0.2) is 9.13 Å². The highest BCUT2D eigenvalue weighted by Gasteiger charge is 2.30. The molecule has 5 atom stereocenters. The Kier molecular flexibility index (Phi) is 73.9. The van der Waals surface area contributed by atoms with E-state index < -0.39 is 97.5 Å². The van der Waals surface area contributed by atoms with E-state index in [1.54, 1.807) is 0 Å². The van der Waals surface area contributed by atoms with E-state index in [1.165, 1.54) is 64.2 Å². The molecule has 0 spiro atoms. The summed E-state index contributed by atoms with van der Waals surface area (Å²) in [6.45, 7) is 4.54. The molecule has 17 nitrogen and oxygen atoms in total. The van der Waals surface area contributed by atoms with E-state index in [2.05, 4.69) is 167 Å². The van der Waals surface area contributed by atoms with E-state index in [-0.39, 0.29) is 25.7 Å². The molecule has 19 heteroatoms. The van der Waals surface area contributed by atoms with Crippen molar-refractivity contribution >= 4 is 39.5 Å². The summed E-state index contributed by atoms with van der Waals surface area (Å²) in [5.41, 5.74) is 0. The van der Waals surface area contributed by atoms with Gasteiger partial charge in [0, 0.05) is 25.7 Å². The van der Waals surface area contributed by atoms with Crippen LogP contribution in [0.15, 0.2) is 158 Å². The standard InChI is InChI=1S/C87H144O17P2/c1-5-9-13-17-21-25-29-33-36-38-40-42-45-49-53-57-61-65-69-73-86(91)103-82(77-97-84(89)71-67-63-59-55-51-47-32-28-24-20-16-12-8-4)79-101-105(93,94)99-75-81(88)76-100-106(95,96)102-80-83(78-98-85(90)72-68-64-60-56-52-48-44-35-31-27-23-19-15-11-7-3)104-87(92)74-70-66-62-58-54-50-46-43-41-39-37-34-30-26-22-18-14-10-6-2/h10,14,21-23,25-28,32-37,40-44,49-50,53-54,61,65,81-83,88H,5-9,11-13,15-20,24,29-31,38-39,45-48,51-52,55-60,62-64,66-80H2,1-4H3,(H,93,94)(H,95,96)/b14-10-,25-21-,26-22-,27-23-,32-28-,36-33-,37-34-,42-40-,43-41-,44-35-,53-49-,54-50-,65-61-/t81-,82+,83+/m0/s1. The predicted molar refractivity (Wildman–Crippen MR) is 436 cm³/mol. The molecule has 0 rings (SSSR count). The number of carbonyl (C=O) groups is 4. The monoisotopic (exact) mass is 1520 g/mol. The topological polar surface area (TPSA) is 237 Å². The van der Waals surface area contributed by atoms with E-state index in [1.807, 2.05) is 18.2 Å². The Morgan fingerprint density at radius 1 is 0.274 bits per heavy atom. The van der Waals surface area contributed by atoms with Gasteiger partial charge in [0.1, 0.15) is 19.3 Å². The molecule has 0 aromatic carbocycles. The van der Waals surface area contributed by atoms with Crippen LogP contribution in [0.1, 0.15) is 310 Å². The number of aliphatic hydroxyl groups excluding tert-OH is 1. The predicted octanol–water partition coefficient (Wildman–Crippen LogP) is 24.0. The van der Waals surface area contributed by atoms with Crippen molar-refractivity contribution in [3.05, 3.63) is 158 Å². The molecule has 106 heavy (non-hydrogen) atoms. The summed E-state index contributed by atoms with van der Waals surface area (Å²) >= 11 is 0. The van der Waals surface area contributed by atoms with Crippen LogP contribution in [0.3, 0.4) is 0 Å². The minimum Gasteiger partial charge on any atom is -0.462 e. The first-order valence-corrected chi connectivity index (χ1v) is 43.7. The Labute approximate surface area is 642 Å². The lowest BCUT2D eigenvalue weighted by molar-refractivity contribution is -0.161. The average Bonchev–Trinajstić information content (AvgIpc) is 1.23. The highest BCUT2D eigenvalue weighted by Crippen LogP contribution is 2.45. The Hall–Kier alpha value is -5.32. The molecule has 0 aliphatic carbocycles. The molecule has 2 unspecified atom stereocenters. The van der Waals surface area contributed by atoms with Gasteiger partial charge in [-0.3, -0.25) is 37.3 Å². The number of ether oxygens (including phenoxy) is 4. The second-order valence-electron chi connectivity index (χ2n) is 26.6. The molecule has 604 valence electrons. The zero-order valence-corrected chi connectivity index (χ0v) is 67.8. The maximum absolute atomic E-state index is 13.1. The van der Waals surface area contributed by atoms with Crippen LogP contribution in [0.5, 0.6) is 0 Å². The molecule has 0 aromatic heterocycles. The van der Waals surface area contributed by atoms with Crippen molar-refractivity contribution in [2.24, 2.45) is 0 Å². The first-order valence-electron chi connectivity index (χ1n) is 40.7. The number of hydrogen-bond donors (Lipinski definition) is 3. The highest BCUT2D eigenvalue weighted by atomic mass is 31.2. The fourth-order valence-electron chi connectivity index (χ4n) is 10.3. The van der Waals surface area contributed by atoms with E-state index in [0.29, 0.717) is 32.1 Å². The number of hydrogen-bond acceptors (Lipinski definition) is 15. The van der Waals surface area contributed by atoms with Crippen molar-refractivity contribution in [3.63, 3.8) is 0 Å². The van der Waals surface area contributed by atoms with Gasteiger partial charge in [0.15, 0.2) is 12.2 Å². The number of unbranched alkanes of at least 4 members (excludes halogenated alkanes) is 23. The van der Waals surface area contributed by atoms with Crippen LogP contribution in [0.4, 0.5) is 0 Å². The van der Waals surface area contributed by atoms with Gasteiger partial charge in [0.05, 0.1) is 26.4 Å². The molecular formula is C87H144O17P2. The molecule has 0 radical (unpaired) electrons. The van der Waals surface area contributed by atoms with Crippen LogP contribution in [0.2, 0.25) is 0 Å². The van der Waals surface area contributed by atoms with Crippen molar-refractivity contribution in [1.82, 2.24) is 0 Å². The first kappa shape index (κ1) is 101. The largest absolute Gasteiger partial charge is 0.472 e. The van der Waals surface area contributed by atoms with Crippen molar-refractivity contribution in [2.45, 2.75) is 329 Å². The molecule has 0 amide bonds. The Morgan fingerprint density at radius 2 is 0.509 bits per heavy atom. The highest BCUT2D eigenvalue weighted by molar-refractivity contribution is 7.47. The molecule has 0 bridgehead atoms. The molecule has 0 saturated heterocycles. The second kappa shape index (κ2) is 77.8. The van der Waals surface area contributed by atoms with Crippen LogP contribution < -0.4 is 0 Å². The number of phosphoric ester groups is 2. The summed E-state index contributed by atoms with van der Waals surface area (Å²) in [5.74, 6) is -2.34. The second-order valence-corrected chi connectivity index (χ2v) is 29.5. The van der Waals surface area contributed by atoms with Crippen molar-refractivity contribution < 1.29 is 80.2 Å². The fraction of sp³-hybridized carbons (Fsp3) is 0.655. The minimum atomic E-state index is -5.01. The summed E-state index contributed by atoms with van der Waals surface area (Å²) in [4.78, 5) is 73.0. The lowest BCUT2D eigenvalue weighted by Crippen LogP contribution is -2.30. The summed E-state index contributed by atoms with van der Waals surface area (Å²) in [5, 5.41) is 10.6. The van der Waals surface area contributed by atoms with Crippen molar-refractivity contribution in [3.8, 4) is 0 Å². The molecule has 0 fully saturated rings. The van der Waals surface area contributed by atoms with E-state index in [9.17, 15) is 43.2 Å². The van der Waals surface area contributed by atoms with Crippen LogP contribution in [0.25, 0.3) is 0 Å². The molecular weight excluding hydrogens is 1380 g/mol. The van der Waals surface area contributed by atoms with Gasteiger partial charge >= 0.3 is 39.5 Å². The van der Waals surface area contributed by atoms with Gasteiger partial charge in [-0.15, -0.1) is 0 Å². The SMILES string of the molecule is CC/C=C\C/C=C\C/C=C\C/C=C\C/C=C\CCCCCC(=O)O[C@H](COC(=O)CCCCCCC/C=C\C/C=C\CCCCC)COP(=O)(O)OC[C@@H](O)COP(=O)(O)OC[C@@H](COC(=O)CCCCCCC/C=C\CCCCCC)OC(=O)CC/C=C\C/C=C\C/C=C\C/C=C\C/C=C\CCCCC. The smallest absolute Gasteiger partial charge is 0.462 e. The van der Waals surface area contributed by atoms with Crippen molar-refractivity contribution in [2.75, 3.05) is 39.6 Å². The summed E-state index contributed by atoms with van der Waals surface area (Å²) < 4.78 is 68.5. The molecule has 0 aliphatic rings. The number of rotatable bonds is 75. The molecule has 0 aromatic rings. The zero-order valence-electron chi connectivity index (χ0n) is 66.1. The maximum Gasteiger partial charge on any atom is 0.472 e. The Morgan fingerprint density at radius 3 is 0.849 bits per heavy atom. The van der Waals surface area contributed by atoms with Gasteiger partial charge in [0.2, 0.25) is 0 Å². The number of allylic oxidation sites excluding steroid dienone is 26. The minimum absolute atomic E-state index is 0.0351. The van der Waals surface area contributed by atoms with Crippen molar-refractivity contribution in [1.29, 1.82) is 0 Å². The quantitative estimate of drug-likeness (QED) is 0.0169. The Balaban J connectivity index is 5.50. The summed E-state index contributed by atoms with van der Waals surface area (Å²) in [6, 6.07) is 0. The molecule has 0 saturated carbocycles. The molecule has 3 N–H and O–H groups in total. The summed E-state index contributed by atoms with van der Waals surface area (Å²) in [7, 11) is -10.0. The van der Waals surface area contributed by atoms with Gasteiger partial charge < -0.3 is 33.8 Å². The van der Waals surface area contributed by atoms with E-state index >= 15 is 0 Å². The number of esters is 4. The van der Waals surface area contributed by atoms with E-state index in [0.717, 1.165) is 161 Å². The number of phosphoric acid groups is 2. The average molecular weight is 1520 g/mol. The third-order valence-corrected chi connectivity index (χ3v) is 18.4. The normalized spacial score (nSPS) is 14.7. The van der Waals surface area contributed by atoms with Crippen LogP contribution in [-0.2, 0) is 65.4 Å². The number of carbonyl (C=O) groups excluding carboxylic acids is 4. The first-order chi connectivity index (χ1) is 51.7. The van der Waals surface area contributed by atoms with Crippen LogP contribution in [-0.4, -0.2) is 96.7 Å². The zero-order chi connectivity index (χ0) is 77.4.